The van der Waals surface area contributed by atoms with Crippen molar-refractivity contribution in [1.29, 1.82) is 0 Å². The topological polar surface area (TPSA) is 53.2 Å². The third kappa shape index (κ3) is 2.73. The summed E-state index contributed by atoms with van der Waals surface area (Å²) >= 11 is 0. The largest absolute Gasteiger partial charge is 0.436 e. The number of furan rings is 1. The highest BCUT2D eigenvalue weighted by Crippen LogP contribution is 2.42. The predicted molar refractivity (Wildman–Crippen MR) is 169 cm³/mol. The summed E-state index contributed by atoms with van der Waals surface area (Å²) in [5, 5.41) is 10.3. The molecule has 5 heterocycles. The number of nitrogens with zero attached hydrogens (tertiary/aromatic N) is 5. The molecule has 10 rings (SSSR count). The van der Waals surface area contributed by atoms with E-state index in [4.69, 9.17) is 9.40 Å². The zero-order valence-corrected chi connectivity index (χ0v) is 22.3. The lowest BCUT2D eigenvalue weighted by atomic mass is 10.1. The van der Waals surface area contributed by atoms with Crippen molar-refractivity contribution >= 4 is 71.5 Å². The van der Waals surface area contributed by atoms with Crippen molar-refractivity contribution in [2.75, 3.05) is 0 Å². The Morgan fingerprint density at radius 3 is 1.90 bits per heavy atom. The van der Waals surface area contributed by atoms with Crippen molar-refractivity contribution in [3.05, 3.63) is 128 Å². The fraction of sp³-hybridized carbons (Fsp3) is 0. The number of hydrogen-bond acceptors (Lipinski definition) is 3. The van der Waals surface area contributed by atoms with Crippen LogP contribution >= 0.6 is 0 Å². The lowest BCUT2D eigenvalue weighted by Crippen LogP contribution is -1.98. The molecule has 5 aromatic heterocycles. The summed E-state index contributed by atoms with van der Waals surface area (Å²) in [6, 6.07) is 42.8. The molecule has 0 aliphatic carbocycles. The maximum Gasteiger partial charge on any atom is 0.249 e. The fourth-order valence-corrected chi connectivity index (χ4v) is 6.78. The molecule has 0 fully saturated rings. The molecule has 0 unspecified atom stereocenters. The van der Waals surface area contributed by atoms with Crippen LogP contribution in [0.15, 0.2) is 132 Å². The van der Waals surface area contributed by atoms with Gasteiger partial charge in [-0.3, -0.25) is 0 Å². The zero-order valence-electron chi connectivity index (χ0n) is 22.3. The number of fused-ring (bicyclic) bond motifs is 12. The lowest BCUT2D eigenvalue weighted by molar-refractivity contribution is 0.637. The number of para-hydroxylation sites is 3. The van der Waals surface area contributed by atoms with Gasteiger partial charge in [0.25, 0.3) is 0 Å². The predicted octanol–water partition coefficient (Wildman–Crippen LogP) is 8.82. The van der Waals surface area contributed by atoms with Crippen LogP contribution in [-0.4, -0.2) is 23.7 Å². The van der Waals surface area contributed by atoms with Crippen LogP contribution in [0.3, 0.4) is 0 Å². The molecule has 0 saturated carbocycles. The van der Waals surface area contributed by atoms with Crippen LogP contribution < -0.4 is 0 Å². The normalized spacial score (nSPS) is 12.3. The van der Waals surface area contributed by atoms with Crippen molar-refractivity contribution in [1.82, 2.24) is 23.7 Å². The summed E-state index contributed by atoms with van der Waals surface area (Å²) < 4.78 is 13.0. The Hall–Kier alpha value is -5.88. The van der Waals surface area contributed by atoms with Crippen LogP contribution in [0.4, 0.5) is 0 Å². The number of aromatic nitrogens is 5. The van der Waals surface area contributed by atoms with E-state index in [0.29, 0.717) is 5.71 Å². The van der Waals surface area contributed by atoms with Crippen LogP contribution in [0.1, 0.15) is 0 Å². The van der Waals surface area contributed by atoms with Crippen LogP contribution in [0, 0.1) is 0 Å². The second-order valence-electron chi connectivity index (χ2n) is 10.7. The van der Waals surface area contributed by atoms with E-state index in [1.807, 2.05) is 12.1 Å². The molecule has 6 nitrogen and oxygen atoms in total. The van der Waals surface area contributed by atoms with Crippen LogP contribution in [0.25, 0.3) is 82.8 Å². The zero-order chi connectivity index (χ0) is 27.4. The van der Waals surface area contributed by atoms with Gasteiger partial charge in [-0.1, -0.05) is 66.7 Å². The Bertz CT molecular complexity index is 2690. The summed E-state index contributed by atoms with van der Waals surface area (Å²) in [5.74, 6) is 0. The summed E-state index contributed by atoms with van der Waals surface area (Å²) in [6.07, 6.45) is 1.75. The first-order chi connectivity index (χ1) is 20.8. The van der Waals surface area contributed by atoms with E-state index in [-0.39, 0.29) is 0 Å². The fourth-order valence-electron chi connectivity index (χ4n) is 6.78. The molecule has 0 N–H and O–H groups in total. The lowest BCUT2D eigenvalue weighted by Gasteiger charge is -2.12. The van der Waals surface area contributed by atoms with Gasteiger partial charge >= 0.3 is 0 Å². The SMILES string of the molecule is c1ccc(-n2c3ccccc3c3ccc4c5ccccc5n(-c5ccc6c(c5)oc5c6nc6cccnn65)c4c32)cc1. The molecule has 0 spiro atoms. The highest BCUT2D eigenvalue weighted by molar-refractivity contribution is 6.24. The van der Waals surface area contributed by atoms with Gasteiger partial charge in [-0.2, -0.15) is 9.61 Å². The molecule has 0 radical (unpaired) electrons. The maximum absolute atomic E-state index is 6.42. The number of rotatable bonds is 2. The molecule has 42 heavy (non-hydrogen) atoms. The molecular formula is C36H21N5O. The second kappa shape index (κ2) is 7.86. The molecule has 6 heteroatoms. The number of imidazole rings is 1. The smallest absolute Gasteiger partial charge is 0.249 e. The number of hydrogen-bond donors (Lipinski definition) is 0. The van der Waals surface area contributed by atoms with E-state index in [9.17, 15) is 0 Å². The van der Waals surface area contributed by atoms with E-state index in [2.05, 4.69) is 123 Å². The second-order valence-corrected chi connectivity index (χ2v) is 10.7. The molecule has 0 saturated heterocycles. The first kappa shape index (κ1) is 21.9. The van der Waals surface area contributed by atoms with Crippen molar-refractivity contribution < 1.29 is 4.42 Å². The summed E-state index contributed by atoms with van der Waals surface area (Å²) in [7, 11) is 0. The van der Waals surface area contributed by atoms with Gasteiger partial charge in [0, 0.05) is 44.9 Å². The van der Waals surface area contributed by atoms with E-state index in [1.165, 1.54) is 38.1 Å². The van der Waals surface area contributed by atoms with Gasteiger partial charge in [-0.05, 0) is 48.5 Å². The Morgan fingerprint density at radius 2 is 1.17 bits per heavy atom. The highest BCUT2D eigenvalue weighted by Gasteiger charge is 2.22. The third-order valence-electron chi connectivity index (χ3n) is 8.52. The standard InChI is InChI=1S/C36H21N5O/c1-2-9-22(10-3-1)39-29-13-6-4-11-24(29)26-18-19-27-25-12-5-7-14-30(25)40(35(27)34(26)39)23-16-17-28-31(21-23)42-36-33(28)38-32-15-8-20-37-41(32)36/h1-21H. The van der Waals surface area contributed by atoms with Crippen LogP contribution in [0.5, 0.6) is 0 Å². The van der Waals surface area contributed by atoms with Gasteiger partial charge in [0.2, 0.25) is 5.71 Å². The van der Waals surface area contributed by atoms with Gasteiger partial charge < -0.3 is 13.6 Å². The van der Waals surface area contributed by atoms with Gasteiger partial charge in [0.05, 0.1) is 27.8 Å². The van der Waals surface area contributed by atoms with E-state index >= 15 is 0 Å². The van der Waals surface area contributed by atoms with Gasteiger partial charge in [-0.15, -0.1) is 0 Å². The maximum atomic E-state index is 6.42. The highest BCUT2D eigenvalue weighted by atomic mass is 16.3. The average Bonchev–Trinajstić information content (AvgIpc) is 3.77. The average molecular weight is 540 g/mol. The Labute approximate surface area is 238 Å². The molecule has 196 valence electrons. The van der Waals surface area contributed by atoms with E-state index in [0.717, 1.165) is 39.0 Å². The van der Waals surface area contributed by atoms with Crippen molar-refractivity contribution in [3.8, 4) is 11.4 Å². The minimum absolute atomic E-state index is 0.659. The molecule has 0 bridgehead atoms. The van der Waals surface area contributed by atoms with Crippen LogP contribution in [-0.2, 0) is 0 Å². The summed E-state index contributed by atoms with van der Waals surface area (Å²) in [6.45, 7) is 0. The molecule has 5 aromatic carbocycles. The summed E-state index contributed by atoms with van der Waals surface area (Å²) in [4.78, 5) is 4.80. The van der Waals surface area contributed by atoms with Gasteiger partial charge in [-0.25, -0.2) is 4.98 Å². The molecular weight excluding hydrogens is 518 g/mol. The quantitative estimate of drug-likeness (QED) is 0.221. The van der Waals surface area contributed by atoms with Crippen molar-refractivity contribution in [2.24, 2.45) is 0 Å². The summed E-state index contributed by atoms with van der Waals surface area (Å²) in [5.41, 5.74) is 9.89. The Balaban J connectivity index is 1.37. The van der Waals surface area contributed by atoms with E-state index < -0.39 is 0 Å². The molecule has 10 aromatic rings. The van der Waals surface area contributed by atoms with E-state index in [1.54, 1.807) is 10.7 Å². The minimum atomic E-state index is 0.659. The molecule has 0 amide bonds. The number of benzene rings is 5. The Morgan fingerprint density at radius 1 is 0.524 bits per heavy atom. The Kier molecular flexibility index (Phi) is 4.10. The molecule has 0 aliphatic rings. The molecule has 0 aliphatic heterocycles. The molecule has 0 atom stereocenters. The first-order valence-electron chi connectivity index (χ1n) is 14.0. The minimum Gasteiger partial charge on any atom is -0.436 e. The van der Waals surface area contributed by atoms with Crippen molar-refractivity contribution in [3.63, 3.8) is 0 Å². The monoisotopic (exact) mass is 539 g/mol. The van der Waals surface area contributed by atoms with Gasteiger partial charge in [0.1, 0.15) is 11.1 Å². The van der Waals surface area contributed by atoms with Crippen molar-refractivity contribution in [2.45, 2.75) is 0 Å². The van der Waals surface area contributed by atoms with Gasteiger partial charge in [0.15, 0.2) is 5.65 Å². The first-order valence-corrected chi connectivity index (χ1v) is 14.0. The third-order valence-corrected chi connectivity index (χ3v) is 8.52. The van der Waals surface area contributed by atoms with Crippen LogP contribution in [0.2, 0.25) is 0 Å².